The van der Waals surface area contributed by atoms with Crippen molar-refractivity contribution in [2.75, 3.05) is 13.7 Å². The van der Waals surface area contributed by atoms with Gasteiger partial charge in [-0.25, -0.2) is 0 Å². The zero-order valence-electron chi connectivity index (χ0n) is 12.7. The van der Waals surface area contributed by atoms with Crippen LogP contribution in [0.15, 0.2) is 42.5 Å². The van der Waals surface area contributed by atoms with Gasteiger partial charge in [-0.05, 0) is 54.8 Å². The summed E-state index contributed by atoms with van der Waals surface area (Å²) in [6, 6.07) is 15.2. The van der Waals surface area contributed by atoms with Gasteiger partial charge in [-0.3, -0.25) is 0 Å². The second-order valence-corrected chi connectivity index (χ2v) is 5.11. The number of hydrogen-bond donors (Lipinski definition) is 1. The minimum atomic E-state index is 0.227. The number of hydrogen-bond acceptors (Lipinski definition) is 2. The summed E-state index contributed by atoms with van der Waals surface area (Å²) < 4.78 is 5.23. The van der Waals surface area contributed by atoms with Gasteiger partial charge in [-0.2, -0.15) is 0 Å². The zero-order chi connectivity index (χ0) is 14.5. The van der Waals surface area contributed by atoms with Crippen molar-refractivity contribution in [3.8, 4) is 5.75 Å². The van der Waals surface area contributed by atoms with Gasteiger partial charge in [-0.1, -0.05) is 37.3 Å². The summed E-state index contributed by atoms with van der Waals surface area (Å²) in [5, 5.41) is 3.56. The summed E-state index contributed by atoms with van der Waals surface area (Å²) in [7, 11) is 1.69. The second kappa shape index (κ2) is 6.58. The number of methoxy groups -OCH3 is 1. The molecule has 0 fully saturated rings. The van der Waals surface area contributed by atoms with Crippen LogP contribution in [-0.2, 0) is 0 Å². The highest BCUT2D eigenvalue weighted by atomic mass is 16.5. The van der Waals surface area contributed by atoms with Gasteiger partial charge in [0.25, 0.3) is 0 Å². The highest BCUT2D eigenvalue weighted by Gasteiger charge is 2.13. The Morgan fingerprint density at radius 1 is 0.950 bits per heavy atom. The van der Waals surface area contributed by atoms with E-state index in [1.54, 1.807) is 7.11 Å². The maximum Gasteiger partial charge on any atom is 0.118 e. The Bertz CT molecular complexity index is 560. The van der Waals surface area contributed by atoms with Crippen LogP contribution in [0.25, 0.3) is 0 Å². The van der Waals surface area contributed by atoms with Crippen molar-refractivity contribution < 1.29 is 4.74 Å². The van der Waals surface area contributed by atoms with Gasteiger partial charge in [0, 0.05) is 0 Å². The van der Waals surface area contributed by atoms with Crippen molar-refractivity contribution in [2.45, 2.75) is 26.8 Å². The van der Waals surface area contributed by atoms with E-state index in [2.05, 4.69) is 56.4 Å². The molecule has 1 N–H and O–H groups in total. The van der Waals surface area contributed by atoms with Crippen molar-refractivity contribution in [3.05, 3.63) is 64.7 Å². The average molecular weight is 269 g/mol. The predicted octanol–water partition coefficient (Wildman–Crippen LogP) is 4.01. The fourth-order valence-corrected chi connectivity index (χ4v) is 2.37. The lowest BCUT2D eigenvalue weighted by molar-refractivity contribution is 0.414. The Labute approximate surface area is 121 Å². The van der Waals surface area contributed by atoms with E-state index in [1.807, 2.05) is 12.1 Å². The van der Waals surface area contributed by atoms with E-state index in [-0.39, 0.29) is 6.04 Å². The van der Waals surface area contributed by atoms with E-state index in [1.165, 1.54) is 22.3 Å². The van der Waals surface area contributed by atoms with Crippen LogP contribution < -0.4 is 10.1 Å². The molecule has 0 bridgehead atoms. The standard InChI is InChI=1S/C18H23NO/c1-5-19-18(15-8-10-17(20-4)11-9-15)16-7-6-13(2)14(3)12-16/h6-12,18-19H,5H2,1-4H3. The molecule has 0 radical (unpaired) electrons. The zero-order valence-corrected chi connectivity index (χ0v) is 12.7. The molecule has 0 aliphatic carbocycles. The fourth-order valence-electron chi connectivity index (χ4n) is 2.37. The lowest BCUT2D eigenvalue weighted by Gasteiger charge is -2.20. The topological polar surface area (TPSA) is 21.3 Å². The van der Waals surface area contributed by atoms with Crippen molar-refractivity contribution in [1.82, 2.24) is 5.32 Å². The molecule has 1 atom stereocenters. The molecule has 0 aromatic heterocycles. The molecule has 0 heterocycles. The van der Waals surface area contributed by atoms with Crippen molar-refractivity contribution in [3.63, 3.8) is 0 Å². The molecule has 2 nitrogen and oxygen atoms in total. The number of ether oxygens (including phenoxy) is 1. The number of nitrogens with one attached hydrogen (secondary N) is 1. The first-order valence-corrected chi connectivity index (χ1v) is 7.10. The summed E-state index contributed by atoms with van der Waals surface area (Å²) in [4.78, 5) is 0. The Morgan fingerprint density at radius 3 is 2.15 bits per heavy atom. The predicted molar refractivity (Wildman–Crippen MR) is 84.4 cm³/mol. The van der Waals surface area contributed by atoms with Crippen LogP contribution in [0, 0.1) is 13.8 Å². The van der Waals surface area contributed by atoms with Gasteiger partial charge in [-0.15, -0.1) is 0 Å². The van der Waals surface area contributed by atoms with Crippen molar-refractivity contribution >= 4 is 0 Å². The lowest BCUT2D eigenvalue weighted by atomic mass is 9.95. The molecule has 0 saturated carbocycles. The second-order valence-electron chi connectivity index (χ2n) is 5.11. The molecular weight excluding hydrogens is 246 g/mol. The van der Waals surface area contributed by atoms with Crippen LogP contribution >= 0.6 is 0 Å². The maximum absolute atomic E-state index is 5.23. The van der Waals surface area contributed by atoms with E-state index >= 15 is 0 Å². The largest absolute Gasteiger partial charge is 0.497 e. The minimum Gasteiger partial charge on any atom is -0.497 e. The minimum absolute atomic E-state index is 0.227. The third-order valence-electron chi connectivity index (χ3n) is 3.72. The Hall–Kier alpha value is -1.80. The quantitative estimate of drug-likeness (QED) is 0.885. The van der Waals surface area contributed by atoms with E-state index in [4.69, 9.17) is 4.74 Å². The van der Waals surface area contributed by atoms with Crippen molar-refractivity contribution in [1.29, 1.82) is 0 Å². The third kappa shape index (κ3) is 3.20. The Kier molecular flexibility index (Phi) is 4.80. The van der Waals surface area contributed by atoms with E-state index in [0.29, 0.717) is 0 Å². The van der Waals surface area contributed by atoms with Crippen molar-refractivity contribution in [2.24, 2.45) is 0 Å². The van der Waals surface area contributed by atoms with Gasteiger partial charge in [0.2, 0.25) is 0 Å². The van der Waals surface area contributed by atoms with Crippen LogP contribution in [0.2, 0.25) is 0 Å². The summed E-state index contributed by atoms with van der Waals surface area (Å²) >= 11 is 0. The summed E-state index contributed by atoms with van der Waals surface area (Å²) in [6.45, 7) is 7.38. The molecule has 2 rings (SSSR count). The molecule has 0 saturated heterocycles. The molecule has 0 aliphatic rings. The van der Waals surface area contributed by atoms with Crippen LogP contribution in [0.3, 0.4) is 0 Å². The van der Waals surface area contributed by atoms with Gasteiger partial charge in [0.15, 0.2) is 0 Å². The van der Waals surface area contributed by atoms with E-state index < -0.39 is 0 Å². The first-order valence-electron chi connectivity index (χ1n) is 7.10. The van der Waals surface area contributed by atoms with Crippen LogP contribution in [0.1, 0.15) is 35.2 Å². The van der Waals surface area contributed by atoms with E-state index in [0.717, 1.165) is 12.3 Å². The number of aryl methyl sites for hydroxylation is 2. The molecule has 1 unspecified atom stereocenters. The third-order valence-corrected chi connectivity index (χ3v) is 3.72. The number of benzene rings is 2. The molecule has 2 heteroatoms. The first-order chi connectivity index (χ1) is 9.65. The average Bonchev–Trinajstić information content (AvgIpc) is 2.48. The molecule has 2 aromatic carbocycles. The van der Waals surface area contributed by atoms with Crippen LogP contribution in [0.5, 0.6) is 5.75 Å². The highest BCUT2D eigenvalue weighted by molar-refractivity contribution is 5.38. The molecule has 0 spiro atoms. The van der Waals surface area contributed by atoms with Gasteiger partial charge < -0.3 is 10.1 Å². The summed E-state index contributed by atoms with van der Waals surface area (Å²) in [5.41, 5.74) is 5.23. The molecular formula is C18H23NO. The van der Waals surface area contributed by atoms with E-state index in [9.17, 15) is 0 Å². The molecule has 0 aliphatic heterocycles. The van der Waals surface area contributed by atoms with Crippen LogP contribution in [0.4, 0.5) is 0 Å². The first kappa shape index (κ1) is 14.6. The molecule has 0 amide bonds. The SMILES string of the molecule is CCNC(c1ccc(OC)cc1)c1ccc(C)c(C)c1. The van der Waals surface area contributed by atoms with Gasteiger partial charge >= 0.3 is 0 Å². The Morgan fingerprint density at radius 2 is 1.60 bits per heavy atom. The summed E-state index contributed by atoms with van der Waals surface area (Å²) in [5.74, 6) is 0.893. The molecule has 20 heavy (non-hydrogen) atoms. The Balaban J connectivity index is 2.35. The smallest absolute Gasteiger partial charge is 0.118 e. The summed E-state index contributed by atoms with van der Waals surface area (Å²) in [6.07, 6.45) is 0. The monoisotopic (exact) mass is 269 g/mol. The lowest BCUT2D eigenvalue weighted by Crippen LogP contribution is -2.22. The molecule has 106 valence electrons. The number of rotatable bonds is 5. The molecule has 2 aromatic rings. The van der Waals surface area contributed by atoms with Gasteiger partial charge in [0.05, 0.1) is 13.2 Å². The fraction of sp³-hybridized carbons (Fsp3) is 0.333. The maximum atomic E-state index is 5.23. The van der Waals surface area contributed by atoms with Crippen LogP contribution in [-0.4, -0.2) is 13.7 Å². The van der Waals surface area contributed by atoms with Gasteiger partial charge in [0.1, 0.15) is 5.75 Å². The highest BCUT2D eigenvalue weighted by Crippen LogP contribution is 2.25. The normalized spacial score (nSPS) is 12.2.